The number of carbonyl (C=O) groups is 1. The van der Waals surface area contributed by atoms with Crippen molar-refractivity contribution in [3.05, 3.63) is 101 Å². The monoisotopic (exact) mass is 413 g/mol. The summed E-state index contributed by atoms with van der Waals surface area (Å²) in [6.07, 6.45) is 7.43. The number of benzene rings is 2. The minimum Gasteiger partial charge on any atom is -0.366 e. The van der Waals surface area contributed by atoms with Crippen LogP contribution in [0, 0.1) is 0 Å². The van der Waals surface area contributed by atoms with Crippen LogP contribution in [0.5, 0.6) is 0 Å². The minimum absolute atomic E-state index is 0.153. The van der Waals surface area contributed by atoms with E-state index in [9.17, 15) is 4.79 Å². The van der Waals surface area contributed by atoms with Crippen molar-refractivity contribution in [3.8, 4) is 0 Å². The Kier molecular flexibility index (Phi) is 4.99. The molecule has 2 aliphatic rings. The topological polar surface area (TPSA) is 120 Å². The zero-order valence-corrected chi connectivity index (χ0v) is 16.7. The second-order valence-corrected chi connectivity index (χ2v) is 7.43. The van der Waals surface area contributed by atoms with Crippen LogP contribution in [0.4, 0.5) is 0 Å². The number of rotatable bonds is 5. The van der Waals surface area contributed by atoms with Gasteiger partial charge in [-0.25, -0.2) is 0 Å². The molecule has 1 aromatic heterocycles. The van der Waals surface area contributed by atoms with Crippen molar-refractivity contribution >= 4 is 16.8 Å². The number of carbonyl (C=O) groups excluding carboxylic acids is 1. The maximum atomic E-state index is 11.8. The molecule has 0 aliphatic carbocycles. The second kappa shape index (κ2) is 8.10. The molecule has 8 nitrogen and oxygen atoms in total. The lowest BCUT2D eigenvalue weighted by Crippen LogP contribution is -2.55. The molecular formula is C23H23N7O. The first-order valence-electron chi connectivity index (χ1n) is 10.1. The third kappa shape index (κ3) is 3.70. The molecule has 8 heteroatoms. The van der Waals surface area contributed by atoms with E-state index in [0.29, 0.717) is 17.6 Å². The summed E-state index contributed by atoms with van der Waals surface area (Å²) in [5.74, 6) is -0.486. The summed E-state index contributed by atoms with van der Waals surface area (Å²) >= 11 is 0. The van der Waals surface area contributed by atoms with Gasteiger partial charge < -0.3 is 16.4 Å². The first kappa shape index (κ1) is 19.1. The van der Waals surface area contributed by atoms with Crippen LogP contribution in [-0.4, -0.2) is 22.3 Å². The van der Waals surface area contributed by atoms with Crippen LogP contribution in [0.1, 0.15) is 27.8 Å². The Balaban J connectivity index is 1.48. The van der Waals surface area contributed by atoms with Crippen LogP contribution in [-0.2, 0) is 6.54 Å². The molecule has 0 radical (unpaired) electrons. The minimum atomic E-state index is -0.486. The highest BCUT2D eigenvalue weighted by molar-refractivity contribution is 6.05. The molecule has 0 spiro atoms. The molecule has 2 aliphatic heterocycles. The summed E-state index contributed by atoms with van der Waals surface area (Å²) in [5.41, 5.74) is 10.5. The summed E-state index contributed by atoms with van der Waals surface area (Å²) in [7, 11) is 0. The van der Waals surface area contributed by atoms with E-state index in [1.807, 2.05) is 54.8 Å². The molecule has 0 saturated heterocycles. The van der Waals surface area contributed by atoms with Gasteiger partial charge in [-0.3, -0.25) is 20.5 Å². The summed E-state index contributed by atoms with van der Waals surface area (Å²) in [6.45, 7) is 0.699. The maximum absolute atomic E-state index is 11.8. The van der Waals surface area contributed by atoms with Crippen LogP contribution >= 0.6 is 0 Å². The van der Waals surface area contributed by atoms with Crippen LogP contribution in [0.25, 0.3) is 10.9 Å². The highest BCUT2D eigenvalue weighted by Gasteiger charge is 2.30. The Morgan fingerprint density at radius 2 is 1.97 bits per heavy atom. The lowest BCUT2D eigenvalue weighted by Gasteiger charge is -2.35. The van der Waals surface area contributed by atoms with Crippen molar-refractivity contribution in [2.24, 2.45) is 5.73 Å². The van der Waals surface area contributed by atoms with E-state index >= 15 is 0 Å². The molecule has 3 heterocycles. The zero-order valence-electron chi connectivity index (χ0n) is 16.7. The van der Waals surface area contributed by atoms with Crippen LogP contribution in [0.15, 0.2) is 84.4 Å². The van der Waals surface area contributed by atoms with E-state index in [1.165, 1.54) is 5.56 Å². The molecule has 5 rings (SSSR count). The second-order valence-electron chi connectivity index (χ2n) is 7.43. The summed E-state index contributed by atoms with van der Waals surface area (Å²) in [4.78, 5) is 11.8. The Bertz CT molecular complexity index is 1210. The summed E-state index contributed by atoms with van der Waals surface area (Å²) in [5, 5.41) is 22.4. The number of hydrogen-bond donors (Lipinski definition) is 6. The lowest BCUT2D eigenvalue weighted by molar-refractivity contribution is 0.100. The number of nitrogens with one attached hydrogen (secondary N) is 5. The molecule has 1 amide bonds. The van der Waals surface area contributed by atoms with Gasteiger partial charge in [0.1, 0.15) is 18.0 Å². The normalized spacial score (nSPS) is 20.1. The molecule has 3 aromatic rings. The van der Waals surface area contributed by atoms with E-state index in [0.717, 1.165) is 22.5 Å². The average Bonchev–Trinajstić information content (AvgIpc) is 3.08. The number of H-pyrrole nitrogens is 1. The number of nitrogens with zero attached hydrogens (tertiary/aromatic N) is 1. The quantitative estimate of drug-likeness (QED) is 0.380. The van der Waals surface area contributed by atoms with E-state index < -0.39 is 5.91 Å². The number of para-hydroxylation sites is 1. The first-order valence-corrected chi connectivity index (χ1v) is 10.1. The number of aromatic amines is 1. The third-order valence-corrected chi connectivity index (χ3v) is 5.44. The molecule has 0 saturated carbocycles. The smallest absolute Gasteiger partial charge is 0.250 e. The molecule has 156 valence electrons. The molecule has 2 atom stereocenters. The average molecular weight is 413 g/mol. The number of aromatic nitrogens is 2. The number of allylic oxidation sites excluding steroid dienone is 3. The zero-order chi connectivity index (χ0) is 21.2. The Morgan fingerprint density at radius 3 is 2.81 bits per heavy atom. The van der Waals surface area contributed by atoms with Crippen molar-refractivity contribution in [2.75, 3.05) is 0 Å². The Labute approximate surface area is 179 Å². The predicted molar refractivity (Wildman–Crippen MR) is 119 cm³/mol. The van der Waals surface area contributed by atoms with Crippen LogP contribution in [0.2, 0.25) is 0 Å². The standard InChI is InChI=1S/C23H23N7O/c24-21(31)16-10-6-9-15-18(16)29-30-19(15)23-27-17-11-4-5-12-25-20(17)22(28-23)26-13-14-7-2-1-3-8-14/h1-12,22-23,25-28H,13H2,(H2,24,31)(H,29,30). The SMILES string of the molecule is NC(=O)c1cccc2c(C3NC4=C(NC=CC=C4)C(NCc4ccccc4)N3)n[nH]c12. The number of fused-ring (bicyclic) bond motifs is 1. The molecule has 0 bridgehead atoms. The Morgan fingerprint density at radius 1 is 1.10 bits per heavy atom. The van der Waals surface area contributed by atoms with Crippen molar-refractivity contribution < 1.29 is 4.79 Å². The van der Waals surface area contributed by atoms with E-state index in [4.69, 9.17) is 5.73 Å². The van der Waals surface area contributed by atoms with E-state index in [-0.39, 0.29) is 12.3 Å². The fraction of sp³-hybridized carbons (Fsp3) is 0.130. The molecule has 0 fully saturated rings. The molecule has 31 heavy (non-hydrogen) atoms. The van der Waals surface area contributed by atoms with Gasteiger partial charge in [0.25, 0.3) is 5.91 Å². The summed E-state index contributed by atoms with van der Waals surface area (Å²) < 4.78 is 0. The van der Waals surface area contributed by atoms with Gasteiger partial charge in [0.15, 0.2) is 0 Å². The molecular weight excluding hydrogens is 390 g/mol. The van der Waals surface area contributed by atoms with Gasteiger partial charge in [-0.1, -0.05) is 48.5 Å². The fourth-order valence-electron chi connectivity index (χ4n) is 3.94. The van der Waals surface area contributed by atoms with Crippen molar-refractivity contribution in [2.45, 2.75) is 18.9 Å². The highest BCUT2D eigenvalue weighted by atomic mass is 16.1. The molecule has 7 N–H and O–H groups in total. The lowest BCUT2D eigenvalue weighted by atomic mass is 10.1. The van der Waals surface area contributed by atoms with Gasteiger partial charge in [-0.05, 0) is 23.8 Å². The highest BCUT2D eigenvalue weighted by Crippen LogP contribution is 2.27. The Hall–Kier alpha value is -3.88. The number of nitrogens with two attached hydrogens (primary N) is 1. The summed E-state index contributed by atoms with van der Waals surface area (Å²) in [6, 6.07) is 15.7. The van der Waals surface area contributed by atoms with Gasteiger partial charge in [0.05, 0.1) is 22.5 Å². The van der Waals surface area contributed by atoms with Crippen molar-refractivity contribution in [1.82, 2.24) is 31.5 Å². The van der Waals surface area contributed by atoms with Crippen LogP contribution in [0.3, 0.4) is 0 Å². The van der Waals surface area contributed by atoms with Crippen molar-refractivity contribution in [3.63, 3.8) is 0 Å². The number of amides is 1. The number of primary amides is 1. The van der Waals surface area contributed by atoms with E-state index in [1.54, 1.807) is 6.07 Å². The van der Waals surface area contributed by atoms with Gasteiger partial charge >= 0.3 is 0 Å². The van der Waals surface area contributed by atoms with Gasteiger partial charge in [0, 0.05) is 18.1 Å². The van der Waals surface area contributed by atoms with Gasteiger partial charge in [-0.15, -0.1) is 0 Å². The van der Waals surface area contributed by atoms with Crippen LogP contribution < -0.4 is 27.0 Å². The maximum Gasteiger partial charge on any atom is 0.250 e. The van der Waals surface area contributed by atoms with E-state index in [2.05, 4.69) is 43.6 Å². The molecule has 2 unspecified atom stereocenters. The predicted octanol–water partition coefficient (Wildman–Crippen LogP) is 1.85. The van der Waals surface area contributed by atoms with Gasteiger partial charge in [-0.2, -0.15) is 5.10 Å². The fourth-order valence-corrected chi connectivity index (χ4v) is 3.94. The van der Waals surface area contributed by atoms with Gasteiger partial charge in [0.2, 0.25) is 0 Å². The first-order chi connectivity index (χ1) is 15.2. The number of hydrogen-bond acceptors (Lipinski definition) is 6. The molecule has 2 aromatic carbocycles. The third-order valence-electron chi connectivity index (χ3n) is 5.44. The van der Waals surface area contributed by atoms with Crippen molar-refractivity contribution in [1.29, 1.82) is 0 Å². The largest absolute Gasteiger partial charge is 0.366 e.